The number of nitro groups is 1. The van der Waals surface area contributed by atoms with Crippen molar-refractivity contribution in [1.29, 1.82) is 5.26 Å². The van der Waals surface area contributed by atoms with Crippen molar-refractivity contribution in [3.63, 3.8) is 0 Å². The molecular formula is C21H26N4O3. The van der Waals surface area contributed by atoms with Gasteiger partial charge in [0.2, 0.25) is 5.91 Å². The van der Waals surface area contributed by atoms with E-state index >= 15 is 0 Å². The molecule has 1 saturated heterocycles. The molecule has 7 heteroatoms. The minimum absolute atomic E-state index is 0.0230. The fourth-order valence-electron chi connectivity index (χ4n) is 5.60. The average Bonchev–Trinajstić information content (AvgIpc) is 3.29. The molecule has 0 spiro atoms. The van der Waals surface area contributed by atoms with E-state index in [-0.39, 0.29) is 40.6 Å². The van der Waals surface area contributed by atoms with Gasteiger partial charge in [0, 0.05) is 24.7 Å². The van der Waals surface area contributed by atoms with Crippen LogP contribution in [-0.4, -0.2) is 40.9 Å². The number of carbonyl (C=O) groups is 1. The minimum Gasteiger partial charge on any atom is -0.326 e. The Balaban J connectivity index is 1.42. The molecule has 2 saturated carbocycles. The van der Waals surface area contributed by atoms with Crippen LogP contribution in [-0.2, 0) is 10.2 Å². The molecule has 1 amide bonds. The summed E-state index contributed by atoms with van der Waals surface area (Å²) in [7, 11) is 0. The summed E-state index contributed by atoms with van der Waals surface area (Å²) in [6.07, 6.45) is 7.11. The largest absolute Gasteiger partial charge is 0.326 e. The molecule has 3 aliphatic rings. The molecule has 0 radical (unpaired) electrons. The molecule has 2 aliphatic carbocycles. The maximum Gasteiger partial charge on any atom is 0.269 e. The van der Waals surface area contributed by atoms with Crippen LogP contribution in [0.3, 0.4) is 0 Å². The maximum atomic E-state index is 12.6. The summed E-state index contributed by atoms with van der Waals surface area (Å²) in [6, 6.07) is 9.27. The van der Waals surface area contributed by atoms with Gasteiger partial charge in [-0.1, -0.05) is 18.6 Å². The number of nitriles is 1. The number of rotatable bonds is 5. The predicted octanol–water partition coefficient (Wildman–Crippen LogP) is 2.90. The van der Waals surface area contributed by atoms with E-state index in [4.69, 9.17) is 0 Å². The summed E-state index contributed by atoms with van der Waals surface area (Å²) in [5.74, 6) is 0.553. The standard InChI is InChI=1S/C21H26N4O3/c22-13-18-4-2-10-24(18)20(26)14-23-19-12-21(9-1-3-15(19)11-21)16-5-7-17(8-6-16)25(27)28/h5-8,15,18-19,23H,1-4,9-12,14H2/t15?,18-,19?,21?/m0/s1. The second-order valence-corrected chi connectivity index (χ2v) is 8.51. The van der Waals surface area contributed by atoms with Gasteiger partial charge in [0.15, 0.2) is 0 Å². The molecule has 1 aliphatic heterocycles. The third-order valence-corrected chi connectivity index (χ3v) is 6.99. The lowest BCUT2D eigenvalue weighted by atomic mass is 9.71. The number of likely N-dealkylation sites (tertiary alicyclic amines) is 1. The molecule has 28 heavy (non-hydrogen) atoms. The quantitative estimate of drug-likeness (QED) is 0.623. The van der Waals surface area contributed by atoms with E-state index < -0.39 is 0 Å². The van der Waals surface area contributed by atoms with Crippen LogP contribution >= 0.6 is 0 Å². The van der Waals surface area contributed by atoms with Gasteiger partial charge in [0.1, 0.15) is 6.04 Å². The highest BCUT2D eigenvalue weighted by Crippen LogP contribution is 2.53. The fourth-order valence-corrected chi connectivity index (χ4v) is 5.60. The number of non-ortho nitro benzene ring substituents is 1. The van der Waals surface area contributed by atoms with Crippen molar-refractivity contribution in [3.05, 3.63) is 39.9 Å². The Morgan fingerprint density at radius 2 is 2.07 bits per heavy atom. The maximum absolute atomic E-state index is 12.6. The predicted molar refractivity (Wildman–Crippen MR) is 103 cm³/mol. The zero-order valence-corrected chi connectivity index (χ0v) is 16.0. The summed E-state index contributed by atoms with van der Waals surface area (Å²) in [5, 5.41) is 23.6. The van der Waals surface area contributed by atoms with Gasteiger partial charge in [-0.15, -0.1) is 0 Å². The third kappa shape index (κ3) is 3.37. The molecule has 1 N–H and O–H groups in total. The third-order valence-electron chi connectivity index (χ3n) is 6.99. The van der Waals surface area contributed by atoms with Crippen LogP contribution < -0.4 is 5.32 Å². The van der Waals surface area contributed by atoms with Crippen LogP contribution in [0.5, 0.6) is 0 Å². The Hall–Kier alpha value is -2.46. The van der Waals surface area contributed by atoms with Crippen LogP contribution in [0.15, 0.2) is 24.3 Å². The number of benzene rings is 1. The van der Waals surface area contributed by atoms with E-state index in [1.807, 2.05) is 12.1 Å². The first kappa shape index (κ1) is 18.9. The van der Waals surface area contributed by atoms with Gasteiger partial charge < -0.3 is 10.2 Å². The molecule has 0 aromatic heterocycles. The number of carbonyl (C=O) groups excluding carboxylic acids is 1. The van der Waals surface area contributed by atoms with E-state index in [1.54, 1.807) is 17.0 Å². The Morgan fingerprint density at radius 3 is 2.79 bits per heavy atom. The van der Waals surface area contributed by atoms with Crippen molar-refractivity contribution in [2.24, 2.45) is 5.92 Å². The van der Waals surface area contributed by atoms with Crippen LogP contribution in [0.2, 0.25) is 0 Å². The molecule has 1 heterocycles. The number of hydrogen-bond donors (Lipinski definition) is 1. The van der Waals surface area contributed by atoms with Gasteiger partial charge in [-0.2, -0.15) is 5.26 Å². The van der Waals surface area contributed by atoms with Gasteiger partial charge in [-0.05, 0) is 55.4 Å². The smallest absolute Gasteiger partial charge is 0.269 e. The van der Waals surface area contributed by atoms with Crippen LogP contribution in [0.25, 0.3) is 0 Å². The summed E-state index contributed by atoms with van der Waals surface area (Å²) in [4.78, 5) is 24.9. The van der Waals surface area contributed by atoms with E-state index in [2.05, 4.69) is 11.4 Å². The highest BCUT2D eigenvalue weighted by atomic mass is 16.6. The van der Waals surface area contributed by atoms with E-state index in [9.17, 15) is 20.2 Å². The summed E-state index contributed by atoms with van der Waals surface area (Å²) >= 11 is 0. The first-order valence-corrected chi connectivity index (χ1v) is 10.2. The number of nitrogens with one attached hydrogen (secondary N) is 1. The molecule has 1 aromatic carbocycles. The molecule has 4 atom stereocenters. The number of fused-ring (bicyclic) bond motifs is 2. The van der Waals surface area contributed by atoms with Crippen molar-refractivity contribution in [2.75, 3.05) is 13.1 Å². The molecule has 2 bridgehead atoms. The van der Waals surface area contributed by atoms with Gasteiger partial charge in [-0.25, -0.2) is 0 Å². The SMILES string of the molecule is N#C[C@@H]1CCCN1C(=O)CNC1CC2(c3ccc([N+](=O)[O-])cc3)CCCC1C2. The van der Waals surface area contributed by atoms with Crippen molar-refractivity contribution in [1.82, 2.24) is 10.2 Å². The monoisotopic (exact) mass is 382 g/mol. The Bertz CT molecular complexity index is 803. The first-order valence-electron chi connectivity index (χ1n) is 10.2. The lowest BCUT2D eigenvalue weighted by Gasteiger charge is -2.33. The molecule has 4 rings (SSSR count). The Labute approximate surface area is 164 Å². The van der Waals surface area contributed by atoms with Gasteiger partial charge >= 0.3 is 0 Å². The number of hydrogen-bond acceptors (Lipinski definition) is 5. The number of nitro benzene ring substituents is 1. The minimum atomic E-state index is -0.359. The molecule has 3 unspecified atom stereocenters. The van der Waals surface area contributed by atoms with E-state index in [1.165, 1.54) is 5.56 Å². The summed E-state index contributed by atoms with van der Waals surface area (Å²) in [5.41, 5.74) is 1.37. The lowest BCUT2D eigenvalue weighted by molar-refractivity contribution is -0.384. The molecule has 148 valence electrons. The van der Waals surface area contributed by atoms with Gasteiger partial charge in [0.05, 0.1) is 17.5 Å². The average molecular weight is 382 g/mol. The fraction of sp³-hybridized carbons (Fsp3) is 0.619. The van der Waals surface area contributed by atoms with Crippen LogP contribution in [0.4, 0.5) is 5.69 Å². The highest BCUT2D eigenvalue weighted by molar-refractivity contribution is 5.79. The van der Waals surface area contributed by atoms with Crippen molar-refractivity contribution >= 4 is 11.6 Å². The lowest BCUT2D eigenvalue weighted by Crippen LogP contribution is -2.44. The second kappa shape index (κ2) is 7.51. The van der Waals surface area contributed by atoms with Gasteiger partial charge in [-0.3, -0.25) is 14.9 Å². The number of amides is 1. The summed E-state index contributed by atoms with van der Waals surface area (Å²) < 4.78 is 0. The normalized spacial score (nSPS) is 31.5. The first-order chi connectivity index (χ1) is 13.5. The molecular weight excluding hydrogens is 356 g/mol. The molecule has 1 aromatic rings. The zero-order valence-electron chi connectivity index (χ0n) is 16.0. The van der Waals surface area contributed by atoms with E-state index in [0.29, 0.717) is 12.5 Å². The molecule has 7 nitrogen and oxygen atoms in total. The van der Waals surface area contributed by atoms with Crippen molar-refractivity contribution in [3.8, 4) is 6.07 Å². The van der Waals surface area contributed by atoms with Gasteiger partial charge in [0.25, 0.3) is 5.69 Å². The second-order valence-electron chi connectivity index (χ2n) is 8.51. The van der Waals surface area contributed by atoms with Crippen LogP contribution in [0.1, 0.15) is 50.5 Å². The Morgan fingerprint density at radius 1 is 1.29 bits per heavy atom. The Kier molecular flexibility index (Phi) is 5.07. The van der Waals surface area contributed by atoms with Crippen molar-refractivity contribution in [2.45, 2.75) is 62.4 Å². The van der Waals surface area contributed by atoms with Crippen molar-refractivity contribution < 1.29 is 9.72 Å². The van der Waals surface area contributed by atoms with E-state index in [0.717, 1.165) is 44.9 Å². The van der Waals surface area contributed by atoms with Crippen LogP contribution in [0, 0.1) is 27.4 Å². The highest BCUT2D eigenvalue weighted by Gasteiger charge is 2.48. The summed E-state index contributed by atoms with van der Waals surface area (Å²) in [6.45, 7) is 0.968. The topological polar surface area (TPSA) is 99.3 Å². The zero-order chi connectivity index (χ0) is 19.7. The molecule has 3 fully saturated rings. The number of nitrogens with zero attached hydrogens (tertiary/aromatic N) is 3.